The Balaban J connectivity index is 1.23. The number of unbranched alkanes of at least 4 members (excludes halogenated alkanes) is 1. The van der Waals surface area contributed by atoms with Gasteiger partial charge in [0.15, 0.2) is 0 Å². The summed E-state index contributed by atoms with van der Waals surface area (Å²) < 4.78 is 1.23. The second-order valence-corrected chi connectivity index (χ2v) is 8.56. The zero-order valence-electron chi connectivity index (χ0n) is 15.2. The Morgan fingerprint density at radius 2 is 2.15 bits per heavy atom. The number of fused-ring (bicyclic) bond motifs is 2. The molecule has 2 amide bonds. The van der Waals surface area contributed by atoms with Gasteiger partial charge < -0.3 is 9.80 Å². The van der Waals surface area contributed by atoms with E-state index in [4.69, 9.17) is 0 Å². The molecule has 0 unspecified atom stereocenters. The van der Waals surface area contributed by atoms with E-state index in [1.54, 1.807) is 11.3 Å². The molecule has 26 heavy (non-hydrogen) atoms. The number of carbonyl (C=O) groups excluding carboxylic acids is 2. The first-order chi connectivity index (χ1) is 12.6. The van der Waals surface area contributed by atoms with Crippen LogP contribution in [0.2, 0.25) is 0 Å². The third-order valence-electron chi connectivity index (χ3n) is 5.77. The Labute approximate surface area is 158 Å². The standard InChI is InChI=1S/C20H25N3O2S/c1-22-16-13-23(11-10-14(16)12-20(22)25)19(24)9-5-4-8-18-21-15-6-2-3-7-17(15)26-18/h2-3,6-7,14,16H,4-5,8-13H2,1H3/t14-,16-/m1/s1. The molecule has 2 aliphatic rings. The number of hydrogen-bond acceptors (Lipinski definition) is 4. The van der Waals surface area contributed by atoms with Crippen molar-refractivity contribution in [3.05, 3.63) is 29.3 Å². The maximum Gasteiger partial charge on any atom is 0.222 e. The number of thiazole rings is 1. The Kier molecular flexibility index (Phi) is 4.94. The predicted octanol–water partition coefficient (Wildman–Crippen LogP) is 3.09. The van der Waals surface area contributed by atoms with E-state index in [2.05, 4.69) is 11.1 Å². The molecule has 0 radical (unpaired) electrons. The SMILES string of the molecule is CN1C(=O)C[C@H]2CCN(C(=O)CCCCc3nc4ccccc4s3)C[C@H]21. The molecule has 6 heteroatoms. The van der Waals surface area contributed by atoms with E-state index in [1.165, 1.54) is 4.70 Å². The van der Waals surface area contributed by atoms with Crippen LogP contribution in [-0.2, 0) is 16.0 Å². The molecule has 4 rings (SSSR count). The number of aryl methyl sites for hydroxylation is 1. The number of nitrogens with zero attached hydrogens (tertiary/aromatic N) is 3. The van der Waals surface area contributed by atoms with Crippen molar-refractivity contribution in [1.29, 1.82) is 0 Å². The quantitative estimate of drug-likeness (QED) is 0.759. The van der Waals surface area contributed by atoms with Crippen molar-refractivity contribution in [3.8, 4) is 0 Å². The van der Waals surface area contributed by atoms with Crippen LogP contribution in [0.15, 0.2) is 24.3 Å². The number of amides is 2. The average molecular weight is 372 g/mol. The van der Waals surface area contributed by atoms with Crippen molar-refractivity contribution in [3.63, 3.8) is 0 Å². The van der Waals surface area contributed by atoms with E-state index in [0.717, 1.165) is 42.8 Å². The highest BCUT2D eigenvalue weighted by molar-refractivity contribution is 7.18. The van der Waals surface area contributed by atoms with Gasteiger partial charge in [-0.2, -0.15) is 0 Å². The van der Waals surface area contributed by atoms with Gasteiger partial charge in [-0.05, 0) is 43.7 Å². The fourth-order valence-corrected chi connectivity index (χ4v) is 5.18. The Hall–Kier alpha value is -1.95. The van der Waals surface area contributed by atoms with Gasteiger partial charge in [0, 0.05) is 33.0 Å². The third kappa shape index (κ3) is 3.47. The smallest absolute Gasteiger partial charge is 0.222 e. The fraction of sp³-hybridized carbons (Fsp3) is 0.550. The van der Waals surface area contributed by atoms with Crippen molar-refractivity contribution in [2.24, 2.45) is 5.92 Å². The summed E-state index contributed by atoms with van der Waals surface area (Å²) in [6.07, 6.45) is 5.04. The number of piperidine rings is 1. The Morgan fingerprint density at radius 1 is 1.31 bits per heavy atom. The second-order valence-electron chi connectivity index (χ2n) is 7.45. The van der Waals surface area contributed by atoms with Crippen LogP contribution in [-0.4, -0.2) is 52.8 Å². The zero-order chi connectivity index (χ0) is 18.1. The predicted molar refractivity (Wildman–Crippen MR) is 103 cm³/mol. The summed E-state index contributed by atoms with van der Waals surface area (Å²) in [5.74, 6) is 0.904. The number of benzene rings is 1. The number of aromatic nitrogens is 1. The van der Waals surface area contributed by atoms with E-state index in [-0.39, 0.29) is 17.9 Å². The maximum atomic E-state index is 12.5. The van der Waals surface area contributed by atoms with Crippen LogP contribution >= 0.6 is 11.3 Å². The van der Waals surface area contributed by atoms with Crippen molar-refractivity contribution in [2.75, 3.05) is 20.1 Å². The monoisotopic (exact) mass is 371 g/mol. The van der Waals surface area contributed by atoms with E-state index in [0.29, 0.717) is 25.3 Å². The normalized spacial score (nSPS) is 22.9. The first-order valence-corrected chi connectivity index (χ1v) is 10.3. The molecule has 2 atom stereocenters. The van der Waals surface area contributed by atoms with Crippen molar-refractivity contribution < 1.29 is 9.59 Å². The third-order valence-corrected chi connectivity index (χ3v) is 6.87. The van der Waals surface area contributed by atoms with Crippen LogP contribution < -0.4 is 0 Å². The van der Waals surface area contributed by atoms with Gasteiger partial charge in [0.25, 0.3) is 0 Å². The summed E-state index contributed by atoms with van der Waals surface area (Å²) >= 11 is 1.75. The van der Waals surface area contributed by atoms with Crippen molar-refractivity contribution in [1.82, 2.24) is 14.8 Å². The van der Waals surface area contributed by atoms with Crippen molar-refractivity contribution in [2.45, 2.75) is 44.6 Å². The molecule has 2 fully saturated rings. The molecule has 2 saturated heterocycles. The molecule has 0 saturated carbocycles. The van der Waals surface area contributed by atoms with Crippen LogP contribution in [0.1, 0.15) is 37.1 Å². The highest BCUT2D eigenvalue weighted by atomic mass is 32.1. The van der Waals surface area contributed by atoms with Gasteiger partial charge in [0.2, 0.25) is 11.8 Å². The number of carbonyl (C=O) groups is 2. The minimum absolute atomic E-state index is 0.225. The maximum absolute atomic E-state index is 12.5. The number of likely N-dealkylation sites (tertiary alicyclic amines) is 2. The number of rotatable bonds is 5. The molecular formula is C20H25N3O2S. The van der Waals surface area contributed by atoms with Gasteiger partial charge in [-0.25, -0.2) is 4.98 Å². The van der Waals surface area contributed by atoms with Gasteiger partial charge in [0.1, 0.15) is 0 Å². The highest BCUT2D eigenvalue weighted by Gasteiger charge is 2.41. The van der Waals surface area contributed by atoms with Crippen LogP contribution in [0.5, 0.6) is 0 Å². The lowest BCUT2D eigenvalue weighted by Gasteiger charge is -2.37. The summed E-state index contributed by atoms with van der Waals surface area (Å²) in [6.45, 7) is 1.52. The van der Waals surface area contributed by atoms with Gasteiger partial charge in [-0.1, -0.05) is 12.1 Å². The van der Waals surface area contributed by atoms with Crippen LogP contribution in [0, 0.1) is 5.92 Å². The molecule has 5 nitrogen and oxygen atoms in total. The average Bonchev–Trinajstić information content (AvgIpc) is 3.19. The molecule has 138 valence electrons. The molecule has 1 aromatic heterocycles. The minimum Gasteiger partial charge on any atom is -0.341 e. The molecule has 2 aromatic rings. The van der Waals surface area contributed by atoms with Crippen LogP contribution in [0.3, 0.4) is 0 Å². The lowest BCUT2D eigenvalue weighted by atomic mass is 9.92. The largest absolute Gasteiger partial charge is 0.341 e. The molecule has 2 aliphatic heterocycles. The van der Waals surface area contributed by atoms with Gasteiger partial charge in [-0.3, -0.25) is 9.59 Å². The summed E-state index contributed by atoms with van der Waals surface area (Å²) in [5, 5.41) is 1.16. The number of para-hydroxylation sites is 1. The Morgan fingerprint density at radius 3 is 3.00 bits per heavy atom. The van der Waals surface area contributed by atoms with E-state index in [9.17, 15) is 9.59 Å². The second kappa shape index (κ2) is 7.35. The summed E-state index contributed by atoms with van der Waals surface area (Å²) in [7, 11) is 1.87. The minimum atomic E-state index is 0.225. The van der Waals surface area contributed by atoms with Gasteiger partial charge in [0.05, 0.1) is 21.3 Å². The summed E-state index contributed by atoms with van der Waals surface area (Å²) in [6, 6.07) is 8.44. The fourth-order valence-electron chi connectivity index (χ4n) is 4.17. The number of likely N-dealkylation sites (N-methyl/N-ethyl adjacent to an activating group) is 1. The van der Waals surface area contributed by atoms with E-state index in [1.807, 2.05) is 35.0 Å². The lowest BCUT2D eigenvalue weighted by molar-refractivity contribution is -0.135. The lowest BCUT2D eigenvalue weighted by Crippen LogP contribution is -2.49. The zero-order valence-corrected chi connectivity index (χ0v) is 16.0. The van der Waals surface area contributed by atoms with Gasteiger partial charge >= 0.3 is 0 Å². The molecule has 0 N–H and O–H groups in total. The van der Waals surface area contributed by atoms with E-state index >= 15 is 0 Å². The van der Waals surface area contributed by atoms with Gasteiger partial charge in [-0.15, -0.1) is 11.3 Å². The summed E-state index contributed by atoms with van der Waals surface area (Å²) in [4.78, 5) is 32.8. The first-order valence-electron chi connectivity index (χ1n) is 9.49. The van der Waals surface area contributed by atoms with E-state index < -0.39 is 0 Å². The Bertz CT molecular complexity index is 785. The highest BCUT2D eigenvalue weighted by Crippen LogP contribution is 2.31. The molecule has 0 aliphatic carbocycles. The van der Waals surface area contributed by atoms with Crippen LogP contribution in [0.4, 0.5) is 0 Å². The first kappa shape index (κ1) is 17.5. The topological polar surface area (TPSA) is 53.5 Å². The summed E-state index contributed by atoms with van der Waals surface area (Å²) in [5.41, 5.74) is 1.07. The molecule has 0 spiro atoms. The van der Waals surface area contributed by atoms with Crippen LogP contribution in [0.25, 0.3) is 10.2 Å². The molecule has 1 aromatic carbocycles. The molecule has 0 bridgehead atoms. The molecular weight excluding hydrogens is 346 g/mol. The molecule has 3 heterocycles. The van der Waals surface area contributed by atoms with Crippen molar-refractivity contribution >= 4 is 33.4 Å². The number of hydrogen-bond donors (Lipinski definition) is 0.